The van der Waals surface area contributed by atoms with Gasteiger partial charge in [-0.15, -0.1) is 23.5 Å². The molecule has 134 valence electrons. The van der Waals surface area contributed by atoms with Crippen molar-refractivity contribution in [3.63, 3.8) is 0 Å². The molecule has 2 amide bonds. The maximum Gasteiger partial charge on any atom is 0.243 e. The number of hydrogen-bond acceptors (Lipinski definition) is 7. The number of amides is 2. The fourth-order valence-electron chi connectivity index (χ4n) is 1.74. The number of thioether (sulfide) groups is 2. The topological polar surface area (TPSA) is 89.5 Å². The smallest absolute Gasteiger partial charge is 0.243 e. The van der Waals surface area contributed by atoms with Gasteiger partial charge < -0.3 is 0 Å². The van der Waals surface area contributed by atoms with Crippen molar-refractivity contribution in [1.82, 2.24) is 15.9 Å². The second kappa shape index (κ2) is 13.1. The summed E-state index contributed by atoms with van der Waals surface area (Å²) in [5, 5.41) is 0.955. The first-order chi connectivity index (χ1) is 11.7. The molecule has 7 nitrogen and oxygen atoms in total. The summed E-state index contributed by atoms with van der Waals surface area (Å²) < 4.78 is 0. The van der Waals surface area contributed by atoms with Gasteiger partial charge in [-0.2, -0.15) is 0 Å². The molecule has 0 aliphatic carbocycles. The molecule has 9 heteroatoms. The van der Waals surface area contributed by atoms with Crippen molar-refractivity contribution >= 4 is 35.3 Å². The predicted octanol–water partition coefficient (Wildman–Crippen LogP) is 2.18. The molecule has 0 aromatic carbocycles. The highest BCUT2D eigenvalue weighted by Crippen LogP contribution is 2.29. The van der Waals surface area contributed by atoms with Gasteiger partial charge in [0.05, 0.1) is 14.2 Å². The van der Waals surface area contributed by atoms with Crippen LogP contribution >= 0.6 is 23.5 Å². The normalized spacial score (nSPS) is 10.4. The summed E-state index contributed by atoms with van der Waals surface area (Å²) in [6.07, 6.45) is 4.12. The molecule has 1 rings (SSSR count). The molecule has 0 saturated heterocycles. The van der Waals surface area contributed by atoms with Crippen molar-refractivity contribution < 1.29 is 19.3 Å². The van der Waals surface area contributed by atoms with Crippen LogP contribution in [-0.2, 0) is 19.3 Å². The summed E-state index contributed by atoms with van der Waals surface area (Å²) in [6.45, 7) is 0. The molecule has 0 fully saturated rings. The predicted molar refractivity (Wildman–Crippen MR) is 94.5 cm³/mol. The van der Waals surface area contributed by atoms with Crippen LogP contribution in [0.3, 0.4) is 0 Å². The lowest BCUT2D eigenvalue weighted by molar-refractivity contribution is -0.132. The van der Waals surface area contributed by atoms with Gasteiger partial charge in [0, 0.05) is 29.7 Å². The molecule has 0 radical (unpaired) electrons. The summed E-state index contributed by atoms with van der Waals surface area (Å²) in [5.41, 5.74) is 4.60. The quantitative estimate of drug-likeness (QED) is 0.330. The first-order valence-electron chi connectivity index (χ1n) is 7.51. The number of pyridine rings is 1. The van der Waals surface area contributed by atoms with Crippen LogP contribution in [0.5, 0.6) is 0 Å². The van der Waals surface area contributed by atoms with E-state index < -0.39 is 0 Å². The monoisotopic (exact) mass is 373 g/mol. The van der Waals surface area contributed by atoms with Crippen molar-refractivity contribution in [1.29, 1.82) is 0 Å². The largest absolute Gasteiger partial charge is 0.277 e. The average Bonchev–Trinajstić information content (AvgIpc) is 2.57. The van der Waals surface area contributed by atoms with Crippen LogP contribution in [0.15, 0.2) is 28.3 Å². The van der Waals surface area contributed by atoms with E-state index in [1.165, 1.54) is 14.2 Å². The highest BCUT2D eigenvalue weighted by atomic mass is 32.2. The number of hydrogen-bond donors (Lipinski definition) is 2. The molecule has 0 bridgehead atoms. The zero-order valence-electron chi connectivity index (χ0n) is 13.9. The van der Waals surface area contributed by atoms with Crippen LogP contribution < -0.4 is 11.0 Å². The molecule has 0 unspecified atom stereocenters. The third-order valence-electron chi connectivity index (χ3n) is 2.76. The molecule has 0 saturated carbocycles. The molecule has 1 heterocycles. The van der Waals surface area contributed by atoms with E-state index in [2.05, 4.69) is 25.6 Å². The Morgan fingerprint density at radius 1 is 1.04 bits per heavy atom. The lowest BCUT2D eigenvalue weighted by Crippen LogP contribution is -2.21. The third-order valence-corrected chi connectivity index (χ3v) is 5.11. The number of rotatable bonds is 12. The number of hydroxylamine groups is 2. The lowest BCUT2D eigenvalue weighted by atomic mass is 10.3. The van der Waals surface area contributed by atoms with Crippen molar-refractivity contribution in [2.75, 3.05) is 25.7 Å². The molecule has 0 aliphatic rings. The molecule has 0 aliphatic heterocycles. The minimum Gasteiger partial charge on any atom is -0.277 e. The van der Waals surface area contributed by atoms with E-state index in [4.69, 9.17) is 0 Å². The van der Waals surface area contributed by atoms with Gasteiger partial charge in [-0.3, -0.25) is 19.3 Å². The van der Waals surface area contributed by atoms with E-state index >= 15 is 0 Å². The molecule has 2 N–H and O–H groups in total. The van der Waals surface area contributed by atoms with Crippen molar-refractivity contribution in [2.45, 2.75) is 35.6 Å². The van der Waals surface area contributed by atoms with E-state index in [1.54, 1.807) is 29.7 Å². The third kappa shape index (κ3) is 9.11. The van der Waals surface area contributed by atoms with E-state index in [-0.39, 0.29) is 11.8 Å². The maximum absolute atomic E-state index is 11.3. The molecule has 1 aromatic rings. The maximum atomic E-state index is 11.3. The fourth-order valence-corrected chi connectivity index (χ4v) is 3.78. The molecular weight excluding hydrogens is 350 g/mol. The summed E-state index contributed by atoms with van der Waals surface area (Å²) in [6, 6.07) is 3.92. The minimum absolute atomic E-state index is 0.117. The Kier molecular flexibility index (Phi) is 11.3. The SMILES string of the molecule is CONC(=O)CCCSc1cccnc1SCCCC(=O)NOC. The number of carbonyl (C=O) groups is 2. The van der Waals surface area contributed by atoms with Crippen LogP contribution in [0.25, 0.3) is 0 Å². The Bertz CT molecular complexity index is 472. The molecule has 1 aromatic heterocycles. The Balaban J connectivity index is 2.31. The van der Waals surface area contributed by atoms with E-state index in [9.17, 15) is 9.59 Å². The van der Waals surface area contributed by atoms with Gasteiger partial charge in [-0.05, 0) is 30.7 Å². The standard InChI is InChI=1S/C15H23N3O4S2/c1-21-17-13(19)7-4-10-23-12-6-3-9-16-15(12)24-11-5-8-14(20)18-22-2/h3,6,9H,4-5,7-8,10-11H2,1-2H3,(H,17,19)(H,18,20). The molecular formula is C15H23N3O4S2. The van der Waals surface area contributed by atoms with Crippen LogP contribution in [0.4, 0.5) is 0 Å². The Hall–Kier alpha value is -1.29. The zero-order valence-corrected chi connectivity index (χ0v) is 15.5. The second-order valence-corrected chi connectivity index (χ2v) is 6.89. The first kappa shape index (κ1) is 20.8. The van der Waals surface area contributed by atoms with Crippen molar-refractivity contribution in [2.24, 2.45) is 0 Å². The van der Waals surface area contributed by atoms with Gasteiger partial charge in [-0.1, -0.05) is 0 Å². The van der Waals surface area contributed by atoms with E-state index in [0.717, 1.165) is 34.3 Å². The zero-order chi connectivity index (χ0) is 17.6. The Labute approximate surface area is 150 Å². The second-order valence-electron chi connectivity index (χ2n) is 4.67. The van der Waals surface area contributed by atoms with Gasteiger partial charge in [0.2, 0.25) is 11.8 Å². The Morgan fingerprint density at radius 3 is 2.21 bits per heavy atom. The van der Waals surface area contributed by atoms with Crippen molar-refractivity contribution in [3.05, 3.63) is 18.3 Å². The van der Waals surface area contributed by atoms with Gasteiger partial charge >= 0.3 is 0 Å². The summed E-state index contributed by atoms with van der Waals surface area (Å²) in [5.74, 6) is 1.39. The van der Waals surface area contributed by atoms with E-state index in [1.807, 2.05) is 12.1 Å². The fraction of sp³-hybridized carbons (Fsp3) is 0.533. The summed E-state index contributed by atoms with van der Waals surface area (Å²) >= 11 is 3.30. The van der Waals surface area contributed by atoms with Crippen LogP contribution in [0.2, 0.25) is 0 Å². The van der Waals surface area contributed by atoms with Crippen molar-refractivity contribution in [3.8, 4) is 0 Å². The number of carbonyl (C=O) groups excluding carboxylic acids is 2. The number of aromatic nitrogens is 1. The van der Waals surface area contributed by atoms with E-state index in [0.29, 0.717) is 12.8 Å². The van der Waals surface area contributed by atoms with Gasteiger partial charge in [0.1, 0.15) is 5.03 Å². The first-order valence-corrected chi connectivity index (χ1v) is 9.48. The van der Waals surface area contributed by atoms with Gasteiger partial charge in [-0.25, -0.2) is 15.9 Å². The number of nitrogens with zero attached hydrogens (tertiary/aromatic N) is 1. The summed E-state index contributed by atoms with van der Waals surface area (Å²) in [7, 11) is 2.84. The van der Waals surface area contributed by atoms with Crippen LogP contribution in [0.1, 0.15) is 25.7 Å². The number of nitrogens with one attached hydrogen (secondary N) is 2. The van der Waals surface area contributed by atoms with Gasteiger partial charge in [0.25, 0.3) is 0 Å². The molecule has 0 atom stereocenters. The highest BCUT2D eigenvalue weighted by Gasteiger charge is 2.07. The van der Waals surface area contributed by atoms with Gasteiger partial charge in [0.15, 0.2) is 0 Å². The minimum atomic E-state index is -0.122. The summed E-state index contributed by atoms with van der Waals surface area (Å²) in [4.78, 5) is 37.2. The molecule has 0 spiro atoms. The Morgan fingerprint density at radius 2 is 1.62 bits per heavy atom. The molecule has 24 heavy (non-hydrogen) atoms. The lowest BCUT2D eigenvalue weighted by Gasteiger charge is -2.08. The van der Waals surface area contributed by atoms with Crippen LogP contribution in [-0.4, -0.2) is 42.5 Å². The average molecular weight is 374 g/mol. The highest BCUT2D eigenvalue weighted by molar-refractivity contribution is 8.02. The van der Waals surface area contributed by atoms with Crippen LogP contribution in [0, 0.1) is 0 Å².